The fraction of sp³-hybridized carbons (Fsp3) is 0.111. The zero-order chi connectivity index (χ0) is 21.3. The lowest BCUT2D eigenvalue weighted by Gasteiger charge is -2.31. The molecule has 0 heterocycles. The zero-order valence-electron chi connectivity index (χ0n) is 17.0. The summed E-state index contributed by atoms with van der Waals surface area (Å²) < 4.78 is 13.2. The smallest absolute Gasteiger partial charge is 0.133 e. The minimum atomic E-state index is -0.387. The molecule has 4 aromatic carbocycles. The monoisotopic (exact) mass is 532 g/mol. The standard InChI is InChI=1S/C27H18Br2O2/c1-30-25-11-17-18-12-26(31-2)24(29)14-22(18)27(21(17)13-23(25)28)19-9-5-3-7-15(19)16-8-4-6-10-20(16)27/h3-14H,1-2H3. The molecule has 2 aliphatic carbocycles. The van der Waals surface area contributed by atoms with Crippen molar-refractivity contribution in [1.82, 2.24) is 0 Å². The maximum Gasteiger partial charge on any atom is 0.133 e. The minimum absolute atomic E-state index is 0.387. The van der Waals surface area contributed by atoms with Crippen LogP contribution < -0.4 is 9.47 Å². The van der Waals surface area contributed by atoms with Gasteiger partial charge in [-0.05, 0) is 101 Å². The van der Waals surface area contributed by atoms with Crippen LogP contribution in [0.2, 0.25) is 0 Å². The summed E-state index contributed by atoms with van der Waals surface area (Å²) in [6, 6.07) is 26.3. The molecule has 0 saturated heterocycles. The van der Waals surface area contributed by atoms with Gasteiger partial charge in [-0.25, -0.2) is 0 Å². The summed E-state index contributed by atoms with van der Waals surface area (Å²) in [7, 11) is 3.42. The van der Waals surface area contributed by atoms with Gasteiger partial charge < -0.3 is 9.47 Å². The number of ether oxygens (including phenoxy) is 2. The number of hydrogen-bond donors (Lipinski definition) is 0. The first kappa shape index (κ1) is 19.1. The van der Waals surface area contributed by atoms with Crippen molar-refractivity contribution in [3.63, 3.8) is 0 Å². The van der Waals surface area contributed by atoms with Crippen LogP contribution in [0.4, 0.5) is 0 Å². The van der Waals surface area contributed by atoms with Crippen LogP contribution in [-0.2, 0) is 5.41 Å². The largest absolute Gasteiger partial charge is 0.496 e. The number of fused-ring (bicyclic) bond motifs is 10. The average molecular weight is 534 g/mol. The van der Waals surface area contributed by atoms with Gasteiger partial charge in [0.05, 0.1) is 28.6 Å². The third-order valence-electron chi connectivity index (χ3n) is 6.63. The van der Waals surface area contributed by atoms with E-state index in [4.69, 9.17) is 9.47 Å². The van der Waals surface area contributed by atoms with E-state index >= 15 is 0 Å². The second kappa shape index (κ2) is 6.72. The van der Waals surface area contributed by atoms with Gasteiger partial charge in [-0.15, -0.1) is 0 Å². The van der Waals surface area contributed by atoms with E-state index in [1.54, 1.807) is 14.2 Å². The number of hydrogen-bond acceptors (Lipinski definition) is 2. The number of halogens is 2. The highest BCUT2D eigenvalue weighted by molar-refractivity contribution is 9.10. The van der Waals surface area contributed by atoms with E-state index in [1.807, 2.05) is 0 Å². The third-order valence-corrected chi connectivity index (χ3v) is 7.87. The van der Waals surface area contributed by atoms with Gasteiger partial charge in [-0.3, -0.25) is 0 Å². The quantitative estimate of drug-likeness (QED) is 0.228. The van der Waals surface area contributed by atoms with E-state index < -0.39 is 0 Å². The molecule has 0 atom stereocenters. The Balaban J connectivity index is 1.84. The molecular weight excluding hydrogens is 516 g/mol. The van der Waals surface area contributed by atoms with Gasteiger partial charge in [0, 0.05) is 0 Å². The van der Waals surface area contributed by atoms with Gasteiger partial charge in [0.2, 0.25) is 0 Å². The van der Waals surface area contributed by atoms with Gasteiger partial charge in [0.1, 0.15) is 11.5 Å². The molecular formula is C27H18Br2O2. The first-order valence-corrected chi connectivity index (χ1v) is 11.7. The van der Waals surface area contributed by atoms with Crippen molar-refractivity contribution in [3.05, 3.63) is 104 Å². The van der Waals surface area contributed by atoms with Gasteiger partial charge in [-0.2, -0.15) is 0 Å². The average Bonchev–Trinajstić information content (AvgIpc) is 3.24. The van der Waals surface area contributed by atoms with E-state index in [-0.39, 0.29) is 5.41 Å². The molecule has 6 rings (SSSR count). The second-order valence-electron chi connectivity index (χ2n) is 7.91. The van der Waals surface area contributed by atoms with Crippen molar-refractivity contribution in [2.45, 2.75) is 5.41 Å². The lowest BCUT2D eigenvalue weighted by Crippen LogP contribution is -2.26. The Morgan fingerprint density at radius 3 is 1.39 bits per heavy atom. The van der Waals surface area contributed by atoms with Gasteiger partial charge in [0.15, 0.2) is 0 Å². The predicted molar refractivity (Wildman–Crippen MR) is 131 cm³/mol. The van der Waals surface area contributed by atoms with Crippen molar-refractivity contribution in [2.75, 3.05) is 14.2 Å². The highest BCUT2D eigenvalue weighted by atomic mass is 79.9. The van der Waals surface area contributed by atoms with E-state index in [2.05, 4.69) is 105 Å². The van der Waals surface area contributed by atoms with Crippen LogP contribution in [0.5, 0.6) is 11.5 Å². The van der Waals surface area contributed by atoms with E-state index in [0.717, 1.165) is 20.4 Å². The number of benzene rings is 4. The fourth-order valence-corrected chi connectivity index (χ4v) is 6.46. The van der Waals surface area contributed by atoms with Crippen molar-refractivity contribution in [1.29, 1.82) is 0 Å². The van der Waals surface area contributed by atoms with Crippen LogP contribution in [-0.4, -0.2) is 14.2 Å². The summed E-state index contributed by atoms with van der Waals surface area (Å²) in [5.41, 5.74) is 9.67. The minimum Gasteiger partial charge on any atom is -0.496 e. The maximum absolute atomic E-state index is 5.67. The Hall–Kier alpha value is -2.56. The topological polar surface area (TPSA) is 18.5 Å². The molecule has 4 heteroatoms. The lowest BCUT2D eigenvalue weighted by atomic mass is 9.70. The fourth-order valence-electron chi connectivity index (χ4n) is 5.45. The molecule has 0 fully saturated rings. The zero-order valence-corrected chi connectivity index (χ0v) is 20.2. The van der Waals surface area contributed by atoms with Crippen LogP contribution in [0.3, 0.4) is 0 Å². The Bertz CT molecular complexity index is 1280. The highest BCUT2D eigenvalue weighted by Crippen LogP contribution is 2.64. The number of methoxy groups -OCH3 is 2. The van der Waals surface area contributed by atoms with Crippen molar-refractivity contribution in [2.24, 2.45) is 0 Å². The molecule has 0 amide bonds. The Kier molecular flexibility index (Phi) is 4.15. The lowest BCUT2D eigenvalue weighted by molar-refractivity contribution is 0.411. The summed E-state index contributed by atoms with van der Waals surface area (Å²) in [5.74, 6) is 1.64. The molecule has 4 aromatic rings. The summed E-state index contributed by atoms with van der Waals surface area (Å²) in [4.78, 5) is 0. The van der Waals surface area contributed by atoms with Crippen LogP contribution in [0.15, 0.2) is 81.7 Å². The molecule has 2 aliphatic rings. The molecule has 0 N–H and O–H groups in total. The Labute approximate surface area is 198 Å². The first-order valence-electron chi connectivity index (χ1n) is 10.1. The SMILES string of the molecule is COc1cc2c(cc1Br)C1(c3ccccc3-c3ccccc31)c1cc(Br)c(OC)cc1-2. The Morgan fingerprint density at radius 2 is 0.968 bits per heavy atom. The van der Waals surface area contributed by atoms with Crippen LogP contribution in [0, 0.1) is 0 Å². The van der Waals surface area contributed by atoms with Crippen molar-refractivity contribution < 1.29 is 9.47 Å². The van der Waals surface area contributed by atoms with Crippen molar-refractivity contribution >= 4 is 31.9 Å². The highest BCUT2D eigenvalue weighted by Gasteiger charge is 2.52. The molecule has 0 radical (unpaired) electrons. The number of rotatable bonds is 2. The summed E-state index contributed by atoms with van der Waals surface area (Å²) in [6.07, 6.45) is 0. The van der Waals surface area contributed by atoms with E-state index in [9.17, 15) is 0 Å². The maximum atomic E-state index is 5.67. The third kappa shape index (κ3) is 2.32. The second-order valence-corrected chi connectivity index (χ2v) is 9.61. The Morgan fingerprint density at radius 1 is 0.548 bits per heavy atom. The molecule has 0 unspecified atom stereocenters. The molecule has 1 spiro atoms. The van der Waals surface area contributed by atoms with E-state index in [1.165, 1.54) is 44.5 Å². The summed E-state index contributed by atoms with van der Waals surface area (Å²) >= 11 is 7.50. The van der Waals surface area contributed by atoms with Crippen LogP contribution in [0.1, 0.15) is 22.3 Å². The van der Waals surface area contributed by atoms with Gasteiger partial charge in [-0.1, -0.05) is 48.5 Å². The van der Waals surface area contributed by atoms with Crippen molar-refractivity contribution in [3.8, 4) is 33.8 Å². The normalized spacial score (nSPS) is 14.1. The predicted octanol–water partition coefficient (Wildman–Crippen LogP) is 7.57. The first-order chi connectivity index (χ1) is 15.1. The molecule has 0 aliphatic heterocycles. The molecule has 0 aromatic heterocycles. The molecule has 0 saturated carbocycles. The molecule has 2 nitrogen and oxygen atoms in total. The summed E-state index contributed by atoms with van der Waals surface area (Å²) in [6.45, 7) is 0. The van der Waals surface area contributed by atoms with Crippen LogP contribution >= 0.6 is 31.9 Å². The molecule has 31 heavy (non-hydrogen) atoms. The molecule has 0 bridgehead atoms. The summed E-state index contributed by atoms with van der Waals surface area (Å²) in [5, 5.41) is 0. The van der Waals surface area contributed by atoms with Gasteiger partial charge in [0.25, 0.3) is 0 Å². The van der Waals surface area contributed by atoms with Gasteiger partial charge >= 0.3 is 0 Å². The molecule has 152 valence electrons. The van der Waals surface area contributed by atoms with E-state index in [0.29, 0.717) is 0 Å². The van der Waals surface area contributed by atoms with Crippen LogP contribution in [0.25, 0.3) is 22.3 Å².